The van der Waals surface area contributed by atoms with Crippen LogP contribution < -0.4 is 0 Å². The molecule has 0 bridgehead atoms. The highest BCUT2D eigenvalue weighted by molar-refractivity contribution is 7.85. The Morgan fingerprint density at radius 1 is 1.00 bits per heavy atom. The molecule has 0 unspecified atom stereocenters. The third kappa shape index (κ3) is 12.2. The van der Waals surface area contributed by atoms with E-state index in [1.165, 1.54) is 0 Å². The van der Waals surface area contributed by atoms with E-state index >= 15 is 0 Å². The van der Waals surface area contributed by atoms with E-state index in [0.717, 1.165) is 6.26 Å². The van der Waals surface area contributed by atoms with Gasteiger partial charge in [-0.25, -0.2) is 0 Å². The SMILES string of the molecule is CC1(C)OCC(CO)CO1.CC1(C)OCC(COS(C)(=O)=O)CO1.[2H]CC. The summed E-state index contributed by atoms with van der Waals surface area (Å²) in [6.45, 7) is 12.1. The van der Waals surface area contributed by atoms with E-state index in [4.69, 9.17) is 25.4 Å². The molecular weight excluding hydrogens is 364 g/mol. The normalized spacial score (nSPS) is 23.7. The van der Waals surface area contributed by atoms with E-state index in [0.29, 0.717) is 33.3 Å². The molecule has 2 fully saturated rings. The first-order valence-electron chi connectivity index (χ1n) is 9.35. The summed E-state index contributed by atoms with van der Waals surface area (Å²) >= 11 is 0. The third-order valence-electron chi connectivity index (χ3n) is 3.44. The van der Waals surface area contributed by atoms with Crippen LogP contribution in [0.5, 0.6) is 0 Å². The highest BCUT2D eigenvalue weighted by atomic mass is 32.2. The van der Waals surface area contributed by atoms with Gasteiger partial charge in [0, 0.05) is 13.2 Å². The fraction of sp³-hybridized carbons (Fsp3) is 1.00. The Kier molecular flexibility index (Phi) is 10.5. The second-order valence-corrected chi connectivity index (χ2v) is 8.59. The molecule has 158 valence electrons. The first-order chi connectivity index (χ1) is 12.3. The number of rotatable bonds is 4. The maximum atomic E-state index is 10.7. The molecule has 0 spiro atoms. The van der Waals surface area contributed by atoms with Crippen LogP contribution in [0.15, 0.2) is 0 Å². The molecule has 0 amide bonds. The van der Waals surface area contributed by atoms with Crippen LogP contribution in [0.2, 0.25) is 0 Å². The molecule has 26 heavy (non-hydrogen) atoms. The van der Waals surface area contributed by atoms with Crippen LogP contribution in [0.25, 0.3) is 0 Å². The van der Waals surface area contributed by atoms with E-state index in [2.05, 4.69) is 4.18 Å². The van der Waals surface area contributed by atoms with Crippen molar-refractivity contribution in [1.82, 2.24) is 0 Å². The van der Waals surface area contributed by atoms with E-state index in [1.54, 1.807) is 6.92 Å². The molecule has 2 heterocycles. The van der Waals surface area contributed by atoms with Gasteiger partial charge < -0.3 is 24.1 Å². The van der Waals surface area contributed by atoms with Gasteiger partial charge in [0.15, 0.2) is 11.6 Å². The topological polar surface area (TPSA) is 101 Å². The Balaban J connectivity index is 0.000000455. The molecular formula is C17H36O8S. The summed E-state index contributed by atoms with van der Waals surface area (Å²) < 4.78 is 53.5. The lowest BCUT2D eigenvalue weighted by atomic mass is 10.1. The molecule has 0 aromatic heterocycles. The third-order valence-corrected chi connectivity index (χ3v) is 4.01. The average Bonchev–Trinajstić information content (AvgIpc) is 2.54. The van der Waals surface area contributed by atoms with E-state index in [-0.39, 0.29) is 25.0 Å². The zero-order valence-electron chi connectivity index (χ0n) is 17.8. The van der Waals surface area contributed by atoms with Crippen molar-refractivity contribution in [3.8, 4) is 0 Å². The van der Waals surface area contributed by atoms with Gasteiger partial charge in [-0.15, -0.1) is 0 Å². The van der Waals surface area contributed by atoms with E-state index < -0.39 is 21.7 Å². The minimum Gasteiger partial charge on any atom is -0.396 e. The van der Waals surface area contributed by atoms with Crippen molar-refractivity contribution in [2.24, 2.45) is 11.8 Å². The standard InChI is InChI=1S/C8H16O5S.C7H14O3.C2H6/c1-8(2)11-4-7(5-12-8)6-13-14(3,9)10;1-7(2)9-4-6(3-8)5-10-7;1-2/h7H,4-6H2,1-3H3;6,8H,3-5H2,1-2H3;1-2H3/i;;1D. The zero-order chi connectivity index (χ0) is 21.1. The summed E-state index contributed by atoms with van der Waals surface area (Å²) in [6, 6.07) is 0. The van der Waals surface area contributed by atoms with Crippen molar-refractivity contribution in [3.05, 3.63) is 0 Å². The van der Waals surface area contributed by atoms with Crippen LogP contribution in [-0.4, -0.2) is 71.0 Å². The predicted molar refractivity (Wildman–Crippen MR) is 98.2 cm³/mol. The van der Waals surface area contributed by atoms with E-state index in [1.807, 2.05) is 27.7 Å². The van der Waals surface area contributed by atoms with Gasteiger partial charge in [0.05, 0.1) is 45.9 Å². The van der Waals surface area contributed by atoms with Crippen LogP contribution in [0, 0.1) is 11.8 Å². The second-order valence-electron chi connectivity index (χ2n) is 6.95. The van der Waals surface area contributed by atoms with Crippen LogP contribution in [0.3, 0.4) is 0 Å². The fourth-order valence-corrected chi connectivity index (χ4v) is 2.31. The summed E-state index contributed by atoms with van der Waals surface area (Å²) in [4.78, 5) is 0. The lowest BCUT2D eigenvalue weighted by molar-refractivity contribution is -0.265. The van der Waals surface area contributed by atoms with Gasteiger partial charge in [-0.1, -0.05) is 13.8 Å². The number of ether oxygens (including phenoxy) is 4. The van der Waals surface area contributed by atoms with Gasteiger partial charge in [0.25, 0.3) is 10.1 Å². The van der Waals surface area contributed by atoms with Crippen LogP contribution in [0.1, 0.15) is 42.9 Å². The molecule has 0 radical (unpaired) electrons. The van der Waals surface area contributed by atoms with Gasteiger partial charge >= 0.3 is 0 Å². The number of aliphatic hydroxyl groups excluding tert-OH is 1. The predicted octanol–water partition coefficient (Wildman–Crippen LogP) is 1.77. The monoisotopic (exact) mass is 401 g/mol. The van der Waals surface area contributed by atoms with Crippen molar-refractivity contribution in [3.63, 3.8) is 0 Å². The average molecular weight is 402 g/mol. The largest absolute Gasteiger partial charge is 0.396 e. The number of hydrogen-bond donors (Lipinski definition) is 1. The van der Waals surface area contributed by atoms with Gasteiger partial charge in [-0.2, -0.15) is 8.42 Å². The Labute approximate surface area is 159 Å². The molecule has 0 atom stereocenters. The number of hydrogen-bond acceptors (Lipinski definition) is 8. The second kappa shape index (κ2) is 11.5. The molecule has 0 aromatic rings. The Bertz CT molecular complexity index is 475. The first kappa shape index (κ1) is 23.7. The first-order valence-corrected chi connectivity index (χ1v) is 10.5. The summed E-state index contributed by atoms with van der Waals surface area (Å²) in [5.41, 5.74) is 0. The smallest absolute Gasteiger partial charge is 0.264 e. The Morgan fingerprint density at radius 3 is 1.65 bits per heavy atom. The molecule has 2 saturated heterocycles. The van der Waals surface area contributed by atoms with Gasteiger partial charge in [-0.3, -0.25) is 4.18 Å². The van der Waals surface area contributed by atoms with Crippen LogP contribution in [-0.2, 0) is 33.2 Å². The molecule has 8 nitrogen and oxygen atoms in total. The van der Waals surface area contributed by atoms with E-state index in [9.17, 15) is 8.42 Å². The molecule has 2 aliphatic rings. The van der Waals surface area contributed by atoms with Gasteiger partial charge in [0.1, 0.15) is 0 Å². The highest BCUT2D eigenvalue weighted by Gasteiger charge is 2.29. The summed E-state index contributed by atoms with van der Waals surface area (Å²) in [5, 5.41) is 8.70. The minimum atomic E-state index is -3.36. The number of aliphatic hydroxyl groups is 1. The highest BCUT2D eigenvalue weighted by Crippen LogP contribution is 2.21. The molecule has 2 aliphatic heterocycles. The van der Waals surface area contributed by atoms with Crippen molar-refractivity contribution in [1.29, 1.82) is 0 Å². The molecule has 0 aliphatic carbocycles. The zero-order valence-corrected chi connectivity index (χ0v) is 17.6. The minimum absolute atomic E-state index is 0.0160. The lowest BCUT2D eigenvalue weighted by Crippen LogP contribution is -2.40. The molecule has 0 aromatic carbocycles. The van der Waals surface area contributed by atoms with Gasteiger partial charge in [-0.05, 0) is 27.7 Å². The molecule has 1 N–H and O–H groups in total. The fourth-order valence-electron chi connectivity index (χ4n) is 1.88. The summed E-state index contributed by atoms with van der Waals surface area (Å²) in [6.07, 6.45) is 1.03. The Hall–Kier alpha value is -0.290. The maximum absolute atomic E-state index is 10.7. The Morgan fingerprint density at radius 2 is 1.35 bits per heavy atom. The van der Waals surface area contributed by atoms with Gasteiger partial charge in [0.2, 0.25) is 0 Å². The lowest BCUT2D eigenvalue weighted by Gasteiger charge is -2.34. The maximum Gasteiger partial charge on any atom is 0.264 e. The van der Waals surface area contributed by atoms with Crippen molar-refractivity contribution in [2.45, 2.75) is 53.1 Å². The van der Waals surface area contributed by atoms with Crippen molar-refractivity contribution in [2.75, 3.05) is 45.9 Å². The summed E-state index contributed by atoms with van der Waals surface area (Å²) in [7, 11) is -3.36. The van der Waals surface area contributed by atoms with Crippen LogP contribution >= 0.6 is 0 Å². The van der Waals surface area contributed by atoms with Crippen LogP contribution in [0.4, 0.5) is 0 Å². The van der Waals surface area contributed by atoms with Crippen molar-refractivity contribution >= 4 is 10.1 Å². The molecule has 0 saturated carbocycles. The summed E-state index contributed by atoms with van der Waals surface area (Å²) in [5.74, 6) is -0.876. The quantitative estimate of drug-likeness (QED) is 0.711. The van der Waals surface area contributed by atoms with Crippen molar-refractivity contribution < 1.29 is 38.0 Å². The molecule has 9 heteroatoms. The molecule has 2 rings (SSSR count).